The first kappa shape index (κ1) is 15.8. The highest BCUT2D eigenvalue weighted by Gasteiger charge is 2.29. The molecule has 1 heterocycles. The lowest BCUT2D eigenvalue weighted by atomic mass is 10.0. The zero-order valence-electron chi connectivity index (χ0n) is 13.3. The van der Waals surface area contributed by atoms with E-state index in [9.17, 15) is 4.79 Å². The molecular weight excluding hydrogens is 264 g/mol. The van der Waals surface area contributed by atoms with Gasteiger partial charge in [0.25, 0.3) is 0 Å². The van der Waals surface area contributed by atoms with Crippen LogP contribution >= 0.6 is 0 Å². The van der Waals surface area contributed by atoms with E-state index in [4.69, 9.17) is 4.74 Å². The molecule has 1 aromatic carbocycles. The Hall–Kier alpha value is -1.55. The summed E-state index contributed by atoms with van der Waals surface area (Å²) in [7, 11) is 0. The fourth-order valence-corrected chi connectivity index (χ4v) is 2.68. The molecule has 0 saturated carbocycles. The number of hydrogen-bond donors (Lipinski definition) is 2. The van der Waals surface area contributed by atoms with Gasteiger partial charge in [0.05, 0.1) is 18.2 Å². The Bertz CT molecular complexity index is 470. The Morgan fingerprint density at radius 3 is 2.48 bits per heavy atom. The van der Waals surface area contributed by atoms with Crippen LogP contribution in [0.4, 0.5) is 0 Å². The summed E-state index contributed by atoms with van der Waals surface area (Å²) in [5.41, 5.74) is 1.09. The van der Waals surface area contributed by atoms with Crippen molar-refractivity contribution in [3.8, 4) is 5.75 Å². The van der Waals surface area contributed by atoms with Gasteiger partial charge >= 0.3 is 0 Å². The van der Waals surface area contributed by atoms with Crippen molar-refractivity contribution >= 4 is 5.91 Å². The minimum Gasteiger partial charge on any atom is -0.491 e. The molecule has 1 aliphatic heterocycles. The van der Waals surface area contributed by atoms with Crippen molar-refractivity contribution in [2.45, 2.75) is 52.3 Å². The number of rotatable bonds is 5. The number of amides is 1. The molecule has 4 nitrogen and oxygen atoms in total. The van der Waals surface area contributed by atoms with E-state index in [1.54, 1.807) is 0 Å². The second kappa shape index (κ2) is 6.94. The SMILES string of the molecule is CC(C)Oc1ccc(C(C)NC(=O)C2NCCC2C)cc1. The van der Waals surface area contributed by atoms with Crippen LogP contribution in [-0.2, 0) is 4.79 Å². The minimum absolute atomic E-state index is 0.000185. The molecule has 116 valence electrons. The fourth-order valence-electron chi connectivity index (χ4n) is 2.68. The van der Waals surface area contributed by atoms with Gasteiger partial charge < -0.3 is 15.4 Å². The maximum Gasteiger partial charge on any atom is 0.237 e. The van der Waals surface area contributed by atoms with Crippen LogP contribution in [0.2, 0.25) is 0 Å². The van der Waals surface area contributed by atoms with Gasteiger partial charge in [0.2, 0.25) is 5.91 Å². The third kappa shape index (κ3) is 4.21. The average molecular weight is 290 g/mol. The van der Waals surface area contributed by atoms with Gasteiger partial charge in [0.15, 0.2) is 0 Å². The second-order valence-corrected chi connectivity index (χ2v) is 6.16. The molecule has 0 radical (unpaired) electrons. The molecule has 0 bridgehead atoms. The number of ether oxygens (including phenoxy) is 1. The molecule has 1 amide bonds. The highest BCUT2D eigenvalue weighted by atomic mass is 16.5. The maximum atomic E-state index is 12.3. The van der Waals surface area contributed by atoms with Crippen molar-refractivity contribution in [3.05, 3.63) is 29.8 Å². The monoisotopic (exact) mass is 290 g/mol. The number of hydrogen-bond acceptors (Lipinski definition) is 3. The van der Waals surface area contributed by atoms with E-state index in [1.165, 1.54) is 0 Å². The van der Waals surface area contributed by atoms with E-state index < -0.39 is 0 Å². The Kier molecular flexibility index (Phi) is 5.23. The lowest BCUT2D eigenvalue weighted by molar-refractivity contribution is -0.124. The molecule has 1 saturated heterocycles. The number of carbonyl (C=O) groups excluding carboxylic acids is 1. The molecule has 0 aromatic heterocycles. The number of nitrogens with one attached hydrogen (secondary N) is 2. The van der Waals surface area contributed by atoms with Crippen LogP contribution in [0.3, 0.4) is 0 Å². The first-order chi connectivity index (χ1) is 9.97. The van der Waals surface area contributed by atoms with Crippen molar-refractivity contribution in [2.24, 2.45) is 5.92 Å². The van der Waals surface area contributed by atoms with Gasteiger partial charge in [-0.1, -0.05) is 19.1 Å². The molecule has 3 unspecified atom stereocenters. The Labute approximate surface area is 127 Å². The first-order valence-electron chi connectivity index (χ1n) is 7.77. The van der Waals surface area contributed by atoms with Crippen molar-refractivity contribution in [2.75, 3.05) is 6.54 Å². The van der Waals surface area contributed by atoms with E-state index >= 15 is 0 Å². The lowest BCUT2D eigenvalue weighted by Gasteiger charge is -2.20. The highest BCUT2D eigenvalue weighted by Crippen LogP contribution is 2.20. The van der Waals surface area contributed by atoms with E-state index in [0.717, 1.165) is 24.3 Å². The lowest BCUT2D eigenvalue weighted by Crippen LogP contribution is -2.44. The van der Waals surface area contributed by atoms with Crippen LogP contribution in [0.25, 0.3) is 0 Å². The quantitative estimate of drug-likeness (QED) is 0.876. The smallest absolute Gasteiger partial charge is 0.237 e. The van der Waals surface area contributed by atoms with Crippen LogP contribution in [0, 0.1) is 5.92 Å². The van der Waals surface area contributed by atoms with Gasteiger partial charge in [-0.15, -0.1) is 0 Å². The molecule has 1 fully saturated rings. The van der Waals surface area contributed by atoms with Gasteiger partial charge in [-0.05, 0) is 57.4 Å². The molecule has 3 atom stereocenters. The van der Waals surface area contributed by atoms with Gasteiger partial charge in [-0.25, -0.2) is 0 Å². The van der Waals surface area contributed by atoms with E-state index in [-0.39, 0.29) is 24.1 Å². The molecule has 4 heteroatoms. The molecule has 1 aromatic rings. The Morgan fingerprint density at radius 2 is 1.95 bits per heavy atom. The van der Waals surface area contributed by atoms with Gasteiger partial charge in [-0.2, -0.15) is 0 Å². The van der Waals surface area contributed by atoms with Gasteiger partial charge in [0.1, 0.15) is 5.75 Å². The summed E-state index contributed by atoms with van der Waals surface area (Å²) in [6.07, 6.45) is 1.23. The molecule has 2 N–H and O–H groups in total. The summed E-state index contributed by atoms with van der Waals surface area (Å²) in [5.74, 6) is 1.35. The van der Waals surface area contributed by atoms with Gasteiger partial charge in [0, 0.05) is 0 Å². The highest BCUT2D eigenvalue weighted by molar-refractivity contribution is 5.82. The predicted molar refractivity (Wildman–Crippen MR) is 84.3 cm³/mol. The van der Waals surface area contributed by atoms with Crippen LogP contribution in [0.15, 0.2) is 24.3 Å². The largest absolute Gasteiger partial charge is 0.491 e. The first-order valence-corrected chi connectivity index (χ1v) is 7.77. The van der Waals surface area contributed by atoms with E-state index in [2.05, 4.69) is 17.6 Å². The van der Waals surface area contributed by atoms with Crippen molar-refractivity contribution < 1.29 is 9.53 Å². The molecule has 1 aliphatic rings. The van der Waals surface area contributed by atoms with Gasteiger partial charge in [-0.3, -0.25) is 4.79 Å². The summed E-state index contributed by atoms with van der Waals surface area (Å²) >= 11 is 0. The molecule has 0 spiro atoms. The molecule has 0 aliphatic carbocycles. The standard InChI is InChI=1S/C17H26N2O2/c1-11(2)21-15-7-5-14(6-8-15)13(4)19-17(20)16-12(3)9-10-18-16/h5-8,11-13,16,18H,9-10H2,1-4H3,(H,19,20). The Balaban J connectivity index is 1.93. The van der Waals surface area contributed by atoms with Crippen LogP contribution in [-0.4, -0.2) is 24.6 Å². The van der Waals surface area contributed by atoms with Crippen molar-refractivity contribution in [1.82, 2.24) is 10.6 Å². The summed E-state index contributed by atoms with van der Waals surface area (Å²) < 4.78 is 5.63. The molecular formula is C17H26N2O2. The molecule has 2 rings (SSSR count). The summed E-state index contributed by atoms with van der Waals surface area (Å²) in [5, 5.41) is 6.35. The van der Waals surface area contributed by atoms with Crippen LogP contribution in [0.1, 0.15) is 45.7 Å². The minimum atomic E-state index is -0.0593. The van der Waals surface area contributed by atoms with E-state index in [0.29, 0.717) is 5.92 Å². The normalized spacial score (nSPS) is 23.1. The topological polar surface area (TPSA) is 50.4 Å². The third-order valence-electron chi connectivity index (χ3n) is 3.93. The maximum absolute atomic E-state index is 12.3. The molecule has 21 heavy (non-hydrogen) atoms. The summed E-state index contributed by atoms with van der Waals surface area (Å²) in [6, 6.07) is 7.86. The average Bonchev–Trinajstić information content (AvgIpc) is 2.85. The van der Waals surface area contributed by atoms with Crippen molar-refractivity contribution in [3.63, 3.8) is 0 Å². The zero-order chi connectivity index (χ0) is 15.4. The van der Waals surface area contributed by atoms with Crippen molar-refractivity contribution in [1.29, 1.82) is 0 Å². The summed E-state index contributed by atoms with van der Waals surface area (Å²) in [6.45, 7) is 9.07. The van der Waals surface area contributed by atoms with Crippen LogP contribution in [0.5, 0.6) is 5.75 Å². The second-order valence-electron chi connectivity index (χ2n) is 6.16. The fraction of sp³-hybridized carbons (Fsp3) is 0.588. The zero-order valence-corrected chi connectivity index (χ0v) is 13.3. The Morgan fingerprint density at radius 1 is 1.29 bits per heavy atom. The third-order valence-corrected chi connectivity index (χ3v) is 3.93. The van der Waals surface area contributed by atoms with Crippen LogP contribution < -0.4 is 15.4 Å². The van der Waals surface area contributed by atoms with E-state index in [1.807, 2.05) is 45.0 Å². The number of carbonyl (C=O) groups is 1. The predicted octanol–water partition coefficient (Wildman–Crippen LogP) is 2.65. The number of benzene rings is 1. The summed E-state index contributed by atoms with van der Waals surface area (Å²) in [4.78, 5) is 12.3.